The third kappa shape index (κ3) is 4.31. The highest BCUT2D eigenvalue weighted by atomic mass is 19.1. The molecule has 0 aliphatic carbocycles. The summed E-state index contributed by atoms with van der Waals surface area (Å²) in [5, 5.41) is 19.1. The van der Waals surface area contributed by atoms with Crippen LogP contribution >= 0.6 is 0 Å². The summed E-state index contributed by atoms with van der Waals surface area (Å²) in [6.45, 7) is 1.45. The van der Waals surface area contributed by atoms with Crippen LogP contribution in [0.3, 0.4) is 0 Å². The van der Waals surface area contributed by atoms with Crippen molar-refractivity contribution in [2.45, 2.75) is 31.5 Å². The van der Waals surface area contributed by atoms with Crippen LogP contribution in [-0.4, -0.2) is 36.4 Å². The molecule has 0 saturated carbocycles. The van der Waals surface area contributed by atoms with Crippen molar-refractivity contribution >= 4 is 11.7 Å². The van der Waals surface area contributed by atoms with Gasteiger partial charge in [0.1, 0.15) is 30.0 Å². The Morgan fingerprint density at radius 2 is 1.91 bits per heavy atom. The van der Waals surface area contributed by atoms with Gasteiger partial charge in [-0.15, -0.1) is 0 Å². The van der Waals surface area contributed by atoms with Gasteiger partial charge < -0.3 is 24.6 Å². The fourth-order valence-corrected chi connectivity index (χ4v) is 4.60. The first-order valence-electron chi connectivity index (χ1n) is 11.4. The van der Waals surface area contributed by atoms with Crippen molar-refractivity contribution in [3.05, 3.63) is 77.1 Å². The Kier molecular flexibility index (Phi) is 5.87. The van der Waals surface area contributed by atoms with Gasteiger partial charge >= 0.3 is 5.97 Å². The number of fused-ring (bicyclic) bond motifs is 2. The number of aryl methyl sites for hydroxylation is 1. The second-order valence-corrected chi connectivity index (χ2v) is 8.81. The minimum Gasteiger partial charge on any atom is -0.490 e. The summed E-state index contributed by atoms with van der Waals surface area (Å²) in [6.07, 6.45) is -0.648. The fourth-order valence-electron chi connectivity index (χ4n) is 4.60. The summed E-state index contributed by atoms with van der Waals surface area (Å²) < 4.78 is 27.1. The monoisotopic (exact) mass is 463 g/mol. The smallest absolute Gasteiger partial charge is 0.306 e. The van der Waals surface area contributed by atoms with E-state index in [4.69, 9.17) is 14.6 Å². The highest BCUT2D eigenvalue weighted by molar-refractivity contribution is 5.72. The van der Waals surface area contributed by atoms with E-state index < -0.39 is 18.2 Å². The molecule has 3 aromatic carbocycles. The van der Waals surface area contributed by atoms with Crippen molar-refractivity contribution in [2.24, 2.45) is 0 Å². The number of carboxylic acids is 1. The van der Waals surface area contributed by atoms with E-state index in [1.807, 2.05) is 37.4 Å². The third-order valence-corrected chi connectivity index (χ3v) is 6.53. The predicted molar refractivity (Wildman–Crippen MR) is 126 cm³/mol. The zero-order chi connectivity index (χ0) is 23.8. The van der Waals surface area contributed by atoms with Crippen LogP contribution in [0.1, 0.15) is 41.7 Å². The van der Waals surface area contributed by atoms with Gasteiger partial charge in [0.2, 0.25) is 0 Å². The van der Waals surface area contributed by atoms with Gasteiger partial charge in [0.15, 0.2) is 0 Å². The van der Waals surface area contributed by atoms with Crippen LogP contribution in [0.2, 0.25) is 0 Å². The van der Waals surface area contributed by atoms with E-state index in [2.05, 4.69) is 4.90 Å². The number of benzene rings is 3. The third-order valence-electron chi connectivity index (χ3n) is 6.53. The molecule has 0 fully saturated rings. The van der Waals surface area contributed by atoms with Crippen LogP contribution in [0, 0.1) is 5.82 Å². The average Bonchev–Trinajstić information content (AvgIpc) is 2.83. The molecule has 2 N–H and O–H groups in total. The van der Waals surface area contributed by atoms with Crippen LogP contribution in [0.4, 0.5) is 10.1 Å². The minimum atomic E-state index is -1.12. The maximum absolute atomic E-state index is 15.2. The molecule has 34 heavy (non-hydrogen) atoms. The van der Waals surface area contributed by atoms with Gasteiger partial charge in [0, 0.05) is 12.6 Å². The van der Waals surface area contributed by atoms with Gasteiger partial charge in [0.25, 0.3) is 0 Å². The van der Waals surface area contributed by atoms with E-state index in [0.717, 1.165) is 34.7 Å². The highest BCUT2D eigenvalue weighted by Crippen LogP contribution is 2.39. The zero-order valence-corrected chi connectivity index (χ0v) is 18.8. The molecule has 3 aromatic rings. The number of anilines is 1. The molecule has 6 nitrogen and oxygen atoms in total. The van der Waals surface area contributed by atoms with Gasteiger partial charge in [-0.05, 0) is 59.4 Å². The largest absolute Gasteiger partial charge is 0.490 e. The number of hydrogen-bond donors (Lipinski definition) is 2. The Morgan fingerprint density at radius 1 is 1.12 bits per heavy atom. The van der Waals surface area contributed by atoms with Crippen molar-refractivity contribution in [3.8, 4) is 22.6 Å². The quantitative estimate of drug-likeness (QED) is 0.561. The molecule has 0 amide bonds. The number of ether oxygens (including phenoxy) is 2. The number of aliphatic carboxylic acids is 1. The molecule has 7 heteroatoms. The van der Waals surface area contributed by atoms with Crippen molar-refractivity contribution in [1.82, 2.24) is 0 Å². The molecule has 0 bridgehead atoms. The lowest BCUT2D eigenvalue weighted by molar-refractivity contribution is -0.139. The zero-order valence-electron chi connectivity index (χ0n) is 18.8. The SMILES string of the molecule is CN1CCOc2cc(-c3ccc(C4CCc5ccc([C@H](O)CC(=O)O)cc5O4)c(F)c3)ccc21. The maximum atomic E-state index is 15.2. The van der Waals surface area contributed by atoms with Crippen LogP contribution in [-0.2, 0) is 11.2 Å². The summed E-state index contributed by atoms with van der Waals surface area (Å²) in [7, 11) is 2.02. The number of rotatable bonds is 5. The van der Waals surface area contributed by atoms with E-state index in [1.54, 1.807) is 18.2 Å². The summed E-state index contributed by atoms with van der Waals surface area (Å²) in [4.78, 5) is 13.1. The molecular weight excluding hydrogens is 437 g/mol. The van der Waals surface area contributed by atoms with E-state index in [0.29, 0.717) is 36.3 Å². The molecule has 0 spiro atoms. The van der Waals surface area contributed by atoms with E-state index in [1.165, 1.54) is 6.07 Å². The predicted octanol–water partition coefficient (Wildman–Crippen LogP) is 4.90. The molecule has 0 aromatic heterocycles. The van der Waals surface area contributed by atoms with Crippen molar-refractivity contribution in [1.29, 1.82) is 0 Å². The number of aliphatic hydroxyl groups is 1. The summed E-state index contributed by atoms with van der Waals surface area (Å²) in [5.41, 5.74) is 4.56. The van der Waals surface area contributed by atoms with Crippen molar-refractivity contribution in [2.75, 3.05) is 25.1 Å². The number of nitrogens with zero attached hydrogens (tertiary/aromatic N) is 1. The van der Waals surface area contributed by atoms with Gasteiger partial charge in [-0.3, -0.25) is 4.79 Å². The normalized spacial score (nSPS) is 17.7. The number of carboxylic acid groups (broad SMARTS) is 1. The van der Waals surface area contributed by atoms with Crippen LogP contribution in [0.15, 0.2) is 54.6 Å². The molecule has 2 aliphatic heterocycles. The van der Waals surface area contributed by atoms with E-state index >= 15 is 4.39 Å². The van der Waals surface area contributed by atoms with Crippen LogP contribution in [0.25, 0.3) is 11.1 Å². The van der Waals surface area contributed by atoms with Gasteiger partial charge in [-0.2, -0.15) is 0 Å². The lowest BCUT2D eigenvalue weighted by atomic mass is 9.93. The number of halogens is 1. The molecular formula is C27H26FNO5. The van der Waals surface area contributed by atoms with E-state index in [9.17, 15) is 9.90 Å². The molecule has 1 unspecified atom stereocenters. The second-order valence-electron chi connectivity index (χ2n) is 8.81. The first kappa shape index (κ1) is 22.2. The highest BCUT2D eigenvalue weighted by Gasteiger charge is 2.25. The van der Waals surface area contributed by atoms with Gasteiger partial charge in [-0.25, -0.2) is 4.39 Å². The topological polar surface area (TPSA) is 79.2 Å². The van der Waals surface area contributed by atoms with Crippen LogP contribution in [0.5, 0.6) is 11.5 Å². The molecule has 2 heterocycles. The summed E-state index contributed by atoms with van der Waals surface area (Å²) in [6, 6.07) is 16.3. The van der Waals surface area contributed by atoms with E-state index in [-0.39, 0.29) is 12.2 Å². The lowest BCUT2D eigenvalue weighted by Gasteiger charge is -2.28. The Bertz CT molecular complexity index is 1240. The molecule has 5 rings (SSSR count). The summed E-state index contributed by atoms with van der Waals surface area (Å²) in [5.74, 6) is -0.0751. The molecule has 176 valence electrons. The van der Waals surface area contributed by atoms with Crippen molar-refractivity contribution in [3.63, 3.8) is 0 Å². The number of carbonyl (C=O) groups is 1. The Balaban J connectivity index is 1.37. The second kappa shape index (κ2) is 8.99. The maximum Gasteiger partial charge on any atom is 0.306 e. The minimum absolute atomic E-state index is 0.344. The Hall–Kier alpha value is -3.58. The van der Waals surface area contributed by atoms with Crippen molar-refractivity contribution < 1.29 is 28.9 Å². The fraction of sp³-hybridized carbons (Fsp3) is 0.296. The summed E-state index contributed by atoms with van der Waals surface area (Å²) >= 11 is 0. The van der Waals surface area contributed by atoms with Gasteiger partial charge in [-0.1, -0.05) is 30.3 Å². The number of likely N-dealkylation sites (N-methyl/N-ethyl adjacent to an activating group) is 1. The lowest BCUT2D eigenvalue weighted by Crippen LogP contribution is -2.28. The average molecular weight is 464 g/mol. The Morgan fingerprint density at radius 3 is 2.71 bits per heavy atom. The molecule has 2 aliphatic rings. The first-order chi connectivity index (χ1) is 16.4. The molecule has 0 radical (unpaired) electrons. The molecule has 0 saturated heterocycles. The first-order valence-corrected chi connectivity index (χ1v) is 11.4. The molecule has 2 atom stereocenters. The number of hydrogen-bond acceptors (Lipinski definition) is 5. The standard InChI is InChI=1S/C27H26FNO5/c1-29-10-11-33-26-13-18(5-8-22(26)29)17-4-7-20(21(28)12-17)24-9-6-16-2-3-19(14-25(16)34-24)23(30)15-27(31)32/h2-5,7-8,12-14,23-24,30H,6,9-11,15H2,1H3,(H,31,32)/t23-,24?/m1/s1. The van der Waals surface area contributed by atoms with Gasteiger partial charge in [0.05, 0.1) is 24.8 Å². The number of aliphatic hydroxyl groups excluding tert-OH is 1. The van der Waals surface area contributed by atoms with Crippen LogP contribution < -0.4 is 14.4 Å². The Labute approximate surface area is 197 Å².